The fourth-order valence-electron chi connectivity index (χ4n) is 5.84. The molecule has 0 aliphatic rings. The molecule has 0 aliphatic carbocycles. The Labute approximate surface area is 234 Å². The first-order valence-corrected chi connectivity index (χ1v) is 17.3. The van der Waals surface area contributed by atoms with Gasteiger partial charge in [0, 0.05) is 6.42 Å². The van der Waals surface area contributed by atoms with Crippen molar-refractivity contribution in [2.75, 3.05) is 0 Å². The van der Waals surface area contributed by atoms with Gasteiger partial charge < -0.3 is 0 Å². The molecule has 2 nitrogen and oxygen atoms in total. The van der Waals surface area contributed by atoms with Gasteiger partial charge >= 0.3 is 0 Å². The Morgan fingerprint density at radius 1 is 0.514 bits per heavy atom. The van der Waals surface area contributed by atoms with Crippen molar-refractivity contribution in [3.05, 3.63) is 18.2 Å². The van der Waals surface area contributed by atoms with Crippen LogP contribution in [0, 0.1) is 0 Å². The summed E-state index contributed by atoms with van der Waals surface area (Å²) in [6, 6.07) is 0.570. The maximum Gasteiger partial charge on any atom is 0.256 e. The van der Waals surface area contributed by atoms with Crippen LogP contribution in [0.5, 0.6) is 0 Å². The molecule has 1 heterocycles. The highest BCUT2D eigenvalue weighted by Crippen LogP contribution is 2.16. The number of rotatable bonds is 28. The molecule has 37 heavy (non-hydrogen) atoms. The molecule has 0 spiro atoms. The van der Waals surface area contributed by atoms with Gasteiger partial charge in [-0.2, -0.15) is 0 Å². The first-order valence-electron chi connectivity index (χ1n) is 17.3. The Morgan fingerprint density at radius 2 is 0.865 bits per heavy atom. The molecule has 0 bridgehead atoms. The van der Waals surface area contributed by atoms with Crippen LogP contribution in [0.1, 0.15) is 200 Å². The molecule has 1 aromatic heterocycles. The van der Waals surface area contributed by atoms with Crippen LogP contribution < -0.4 is 4.57 Å². The Hall–Kier alpha value is -0.790. The van der Waals surface area contributed by atoms with Crippen LogP contribution in [-0.2, 0) is 13.0 Å². The minimum atomic E-state index is 0.570. The van der Waals surface area contributed by atoms with Gasteiger partial charge in [0.1, 0.15) is 12.4 Å². The van der Waals surface area contributed by atoms with Crippen LogP contribution in [-0.4, -0.2) is 4.57 Å². The van der Waals surface area contributed by atoms with Crippen molar-refractivity contribution < 1.29 is 4.57 Å². The second-order valence-corrected chi connectivity index (χ2v) is 12.3. The van der Waals surface area contributed by atoms with E-state index in [-0.39, 0.29) is 0 Å². The normalized spacial score (nSPS) is 11.7. The van der Waals surface area contributed by atoms with Crippen molar-refractivity contribution in [3.8, 4) is 0 Å². The van der Waals surface area contributed by atoms with Gasteiger partial charge in [-0.1, -0.05) is 155 Å². The average molecular weight is 518 g/mol. The molecule has 1 rings (SSSR count). The lowest BCUT2D eigenvalue weighted by atomic mass is 10.0. The third-order valence-electron chi connectivity index (χ3n) is 8.35. The molecule has 0 atom stereocenters. The third-order valence-corrected chi connectivity index (χ3v) is 8.35. The van der Waals surface area contributed by atoms with Crippen LogP contribution in [0.25, 0.3) is 0 Å². The van der Waals surface area contributed by atoms with Gasteiger partial charge in [-0.3, -0.25) is 0 Å². The van der Waals surface area contributed by atoms with Gasteiger partial charge in [0.05, 0.1) is 12.6 Å². The average Bonchev–Trinajstić information content (AvgIpc) is 3.30. The van der Waals surface area contributed by atoms with E-state index in [9.17, 15) is 0 Å². The lowest BCUT2D eigenvalue weighted by Crippen LogP contribution is -2.37. The summed E-state index contributed by atoms with van der Waals surface area (Å²) in [6.45, 7) is 10.5. The highest BCUT2D eigenvalue weighted by molar-refractivity contribution is 4.86. The van der Waals surface area contributed by atoms with Gasteiger partial charge in [-0.05, 0) is 33.1 Å². The summed E-state index contributed by atoms with van der Waals surface area (Å²) in [4.78, 5) is 0. The second-order valence-electron chi connectivity index (χ2n) is 12.3. The van der Waals surface area contributed by atoms with E-state index in [0.29, 0.717) is 6.04 Å². The predicted molar refractivity (Wildman–Crippen MR) is 165 cm³/mol. The van der Waals surface area contributed by atoms with Crippen molar-refractivity contribution in [2.45, 2.75) is 207 Å². The third kappa shape index (κ3) is 19.0. The minimum absolute atomic E-state index is 0.570. The van der Waals surface area contributed by atoms with E-state index in [1.54, 1.807) is 5.82 Å². The minimum Gasteiger partial charge on any atom is -0.234 e. The Kier molecular flexibility index (Phi) is 23.6. The fraction of sp³-hybridized carbons (Fsp3) is 0.914. The van der Waals surface area contributed by atoms with E-state index < -0.39 is 0 Å². The first-order chi connectivity index (χ1) is 18.2. The molecule has 0 saturated carbocycles. The number of imidazole rings is 1. The van der Waals surface area contributed by atoms with Crippen LogP contribution >= 0.6 is 0 Å². The number of unbranched alkanes of at least 4 members (excludes halogenated alkanes) is 23. The van der Waals surface area contributed by atoms with Gasteiger partial charge in [-0.25, -0.2) is 9.13 Å². The van der Waals surface area contributed by atoms with Gasteiger partial charge in [0.15, 0.2) is 0 Å². The first kappa shape index (κ1) is 34.2. The number of aromatic nitrogens is 2. The molecule has 0 aromatic carbocycles. The molecular weight excluding hydrogens is 448 g/mol. The van der Waals surface area contributed by atoms with Crippen LogP contribution in [0.2, 0.25) is 0 Å². The lowest BCUT2D eigenvalue weighted by molar-refractivity contribution is -0.704. The smallest absolute Gasteiger partial charge is 0.234 e. The number of nitrogens with zero attached hydrogens (tertiary/aromatic N) is 2. The van der Waals surface area contributed by atoms with Gasteiger partial charge in [0.2, 0.25) is 0 Å². The molecule has 0 radical (unpaired) electrons. The number of hydrogen-bond donors (Lipinski definition) is 0. The number of aryl methyl sites for hydroxylation is 1. The summed E-state index contributed by atoms with van der Waals surface area (Å²) >= 11 is 0. The molecule has 0 unspecified atom stereocenters. The predicted octanol–water partition coefficient (Wildman–Crippen LogP) is 11.7. The van der Waals surface area contributed by atoms with Crippen molar-refractivity contribution in [1.82, 2.24) is 4.57 Å². The second kappa shape index (κ2) is 25.5. The molecule has 0 amide bonds. The Bertz CT molecular complexity index is 588. The van der Waals surface area contributed by atoms with E-state index in [2.05, 4.69) is 49.2 Å². The molecule has 0 saturated heterocycles. The summed E-state index contributed by atoms with van der Waals surface area (Å²) in [7, 11) is 0. The Balaban J connectivity index is 2.09. The molecule has 0 aliphatic heterocycles. The molecule has 1 aromatic rings. The van der Waals surface area contributed by atoms with Crippen molar-refractivity contribution >= 4 is 0 Å². The van der Waals surface area contributed by atoms with Gasteiger partial charge in [-0.15, -0.1) is 0 Å². The quantitative estimate of drug-likeness (QED) is 0.0771. The van der Waals surface area contributed by atoms with Crippen LogP contribution in [0.4, 0.5) is 0 Å². The maximum atomic E-state index is 2.58. The molecule has 0 fully saturated rings. The molecule has 0 N–H and O–H groups in total. The number of hydrogen-bond acceptors (Lipinski definition) is 0. The largest absolute Gasteiger partial charge is 0.256 e. The molecular formula is C35H69N2+. The zero-order valence-corrected chi connectivity index (χ0v) is 26.2. The summed E-state index contributed by atoms with van der Waals surface area (Å²) in [6.07, 6.45) is 41.8. The summed E-state index contributed by atoms with van der Waals surface area (Å²) in [5.41, 5.74) is 0. The Morgan fingerprint density at radius 3 is 1.24 bits per heavy atom. The van der Waals surface area contributed by atoms with E-state index in [0.717, 1.165) is 0 Å². The highest BCUT2D eigenvalue weighted by atomic mass is 15.2. The highest BCUT2D eigenvalue weighted by Gasteiger charge is 2.18. The molecule has 2 heteroatoms. The van der Waals surface area contributed by atoms with E-state index >= 15 is 0 Å². The van der Waals surface area contributed by atoms with Gasteiger partial charge in [0.25, 0.3) is 5.82 Å². The van der Waals surface area contributed by atoms with E-state index in [1.165, 1.54) is 173 Å². The summed E-state index contributed by atoms with van der Waals surface area (Å²) < 4.78 is 5.11. The van der Waals surface area contributed by atoms with E-state index in [1.807, 2.05) is 0 Å². The van der Waals surface area contributed by atoms with Crippen molar-refractivity contribution in [2.24, 2.45) is 0 Å². The monoisotopic (exact) mass is 518 g/mol. The van der Waals surface area contributed by atoms with Crippen LogP contribution in [0.15, 0.2) is 12.4 Å². The molecule has 218 valence electrons. The van der Waals surface area contributed by atoms with Crippen LogP contribution in [0.3, 0.4) is 0 Å². The topological polar surface area (TPSA) is 8.81 Å². The fourth-order valence-corrected chi connectivity index (χ4v) is 5.84. The van der Waals surface area contributed by atoms with E-state index in [4.69, 9.17) is 0 Å². The van der Waals surface area contributed by atoms with Crippen molar-refractivity contribution in [1.29, 1.82) is 0 Å². The zero-order chi connectivity index (χ0) is 26.8. The lowest BCUT2D eigenvalue weighted by Gasteiger charge is -2.08. The van der Waals surface area contributed by atoms with Crippen molar-refractivity contribution in [3.63, 3.8) is 0 Å². The summed E-state index contributed by atoms with van der Waals surface area (Å²) in [5.74, 6) is 1.57. The SMILES string of the molecule is CCCCCCCCCCCCCCCCc1n(C(C)C)cc[n+]1CCCCCCCCCCCCC. The summed E-state index contributed by atoms with van der Waals surface area (Å²) in [5, 5.41) is 0. The zero-order valence-electron chi connectivity index (χ0n) is 26.2. The maximum absolute atomic E-state index is 2.58. The standard InChI is InChI=1S/C35H69N2/c1-5-7-9-11-13-15-17-18-19-20-22-24-26-28-30-35-36(32-33-37(35)34(3)4)31-29-27-25-23-21-16-14-12-10-8-6-2/h32-34H,5-31H2,1-4H3/q+1.